The van der Waals surface area contributed by atoms with Crippen LogP contribution in [0.3, 0.4) is 0 Å². The summed E-state index contributed by atoms with van der Waals surface area (Å²) in [5.41, 5.74) is 0. The second-order valence-electron chi connectivity index (χ2n) is 15.5. The van der Waals surface area contributed by atoms with E-state index in [1.807, 2.05) is 18.2 Å². The largest absolute Gasteiger partial charge is 0.462 e. The lowest BCUT2D eigenvalue weighted by Crippen LogP contribution is -2.61. The normalized spacial score (nSPS) is 28.0. The van der Waals surface area contributed by atoms with Gasteiger partial charge >= 0.3 is 11.9 Å². The molecular formula is C45H76O15. The highest BCUT2D eigenvalue weighted by atomic mass is 16.7. The predicted molar refractivity (Wildman–Crippen MR) is 224 cm³/mol. The van der Waals surface area contributed by atoms with Gasteiger partial charge in [-0.3, -0.25) is 9.59 Å². The van der Waals surface area contributed by atoms with Gasteiger partial charge in [-0.15, -0.1) is 0 Å². The third-order valence-corrected chi connectivity index (χ3v) is 10.3. The van der Waals surface area contributed by atoms with Crippen LogP contribution in [0.4, 0.5) is 0 Å². The Morgan fingerprint density at radius 3 is 1.77 bits per heavy atom. The van der Waals surface area contributed by atoms with E-state index >= 15 is 0 Å². The van der Waals surface area contributed by atoms with Crippen LogP contribution in [0.25, 0.3) is 0 Å². The smallest absolute Gasteiger partial charge is 0.306 e. The summed E-state index contributed by atoms with van der Waals surface area (Å²) in [7, 11) is 0. The maximum Gasteiger partial charge on any atom is 0.306 e. The van der Waals surface area contributed by atoms with Gasteiger partial charge in [0.05, 0.1) is 19.8 Å². The average Bonchev–Trinajstić information content (AvgIpc) is 3.24. The molecular weight excluding hydrogens is 780 g/mol. The molecule has 2 rings (SSSR count). The Hall–Kier alpha value is -2.54. The molecule has 0 aliphatic carbocycles. The zero-order valence-electron chi connectivity index (χ0n) is 35.9. The molecule has 0 bridgehead atoms. The summed E-state index contributed by atoms with van der Waals surface area (Å²) in [6, 6.07) is 0. The Bertz CT molecular complexity index is 1240. The van der Waals surface area contributed by atoms with E-state index in [0.29, 0.717) is 12.8 Å². The fourth-order valence-corrected chi connectivity index (χ4v) is 6.54. The lowest BCUT2D eigenvalue weighted by atomic mass is 9.98. The molecule has 15 nitrogen and oxygen atoms in total. The molecule has 0 aromatic rings. The summed E-state index contributed by atoms with van der Waals surface area (Å²) in [4.78, 5) is 25.5. The van der Waals surface area contributed by atoms with E-state index in [-0.39, 0.29) is 19.4 Å². The van der Waals surface area contributed by atoms with Crippen molar-refractivity contribution in [1.82, 2.24) is 0 Å². The van der Waals surface area contributed by atoms with Crippen LogP contribution in [0.1, 0.15) is 129 Å². The summed E-state index contributed by atoms with van der Waals surface area (Å²) in [5.74, 6) is -1.04. The second-order valence-corrected chi connectivity index (χ2v) is 15.5. The van der Waals surface area contributed by atoms with E-state index in [2.05, 4.69) is 44.2 Å². The van der Waals surface area contributed by atoms with Gasteiger partial charge in [0.25, 0.3) is 0 Å². The Morgan fingerprint density at radius 1 is 0.550 bits per heavy atom. The van der Waals surface area contributed by atoms with Crippen LogP contribution in [0.15, 0.2) is 48.6 Å². The van der Waals surface area contributed by atoms with Crippen molar-refractivity contribution in [1.29, 1.82) is 0 Å². The molecule has 0 aromatic carbocycles. The van der Waals surface area contributed by atoms with Gasteiger partial charge in [-0.1, -0.05) is 114 Å². The summed E-state index contributed by atoms with van der Waals surface area (Å²) in [5, 5.41) is 71.7. The first kappa shape index (κ1) is 53.6. The fourth-order valence-electron chi connectivity index (χ4n) is 6.54. The van der Waals surface area contributed by atoms with Crippen LogP contribution >= 0.6 is 0 Å². The molecule has 15 heteroatoms. The summed E-state index contributed by atoms with van der Waals surface area (Å²) < 4.78 is 33.3. The monoisotopic (exact) mass is 857 g/mol. The molecule has 2 aliphatic heterocycles. The molecule has 11 atom stereocenters. The zero-order valence-corrected chi connectivity index (χ0v) is 35.9. The number of aliphatic hydroxyl groups is 7. The number of hydrogen-bond donors (Lipinski definition) is 7. The molecule has 0 spiro atoms. The number of ether oxygens (including phenoxy) is 6. The van der Waals surface area contributed by atoms with Crippen LogP contribution in [0, 0.1) is 0 Å². The van der Waals surface area contributed by atoms with E-state index in [4.69, 9.17) is 28.4 Å². The quantitative estimate of drug-likeness (QED) is 0.0216. The molecule has 7 N–H and O–H groups in total. The number of carbonyl (C=O) groups excluding carboxylic acids is 2. The molecule has 2 heterocycles. The van der Waals surface area contributed by atoms with Crippen LogP contribution in [0.2, 0.25) is 0 Å². The number of allylic oxidation sites excluding steroid dienone is 8. The van der Waals surface area contributed by atoms with Crippen molar-refractivity contribution in [3.05, 3.63) is 48.6 Å². The maximum atomic E-state index is 12.9. The molecule has 60 heavy (non-hydrogen) atoms. The average molecular weight is 857 g/mol. The van der Waals surface area contributed by atoms with E-state index < -0.39 is 99.3 Å². The van der Waals surface area contributed by atoms with Gasteiger partial charge in [-0.05, 0) is 51.4 Å². The third kappa shape index (κ3) is 22.0. The van der Waals surface area contributed by atoms with E-state index in [1.165, 1.54) is 51.4 Å². The number of hydrogen-bond acceptors (Lipinski definition) is 15. The molecule has 2 fully saturated rings. The highest BCUT2D eigenvalue weighted by molar-refractivity contribution is 5.70. The molecule has 2 saturated heterocycles. The Balaban J connectivity index is 1.91. The van der Waals surface area contributed by atoms with Crippen molar-refractivity contribution in [2.24, 2.45) is 0 Å². The maximum absolute atomic E-state index is 12.9. The molecule has 2 aliphatic rings. The first-order valence-corrected chi connectivity index (χ1v) is 22.2. The Morgan fingerprint density at radius 2 is 1.10 bits per heavy atom. The Kier molecular flexibility index (Phi) is 29.5. The van der Waals surface area contributed by atoms with Crippen molar-refractivity contribution in [2.75, 3.05) is 26.4 Å². The molecule has 346 valence electrons. The van der Waals surface area contributed by atoms with E-state index in [9.17, 15) is 45.3 Å². The first-order chi connectivity index (χ1) is 29.0. The van der Waals surface area contributed by atoms with Crippen LogP contribution in [-0.2, 0) is 38.0 Å². The minimum Gasteiger partial charge on any atom is -0.462 e. The zero-order chi connectivity index (χ0) is 44.0. The molecule has 0 saturated carbocycles. The first-order valence-electron chi connectivity index (χ1n) is 22.2. The number of unbranched alkanes of at least 4 members (excludes halogenated alkanes) is 11. The standard InChI is InChI=1S/C45H76O15/c1-3-5-7-9-11-13-15-16-18-20-22-24-26-28-37(48)58-33(30-55-36(47)27-25-23-21-19-17-14-12-10-8-6-4-2)31-56-44-43(54)41(52)39(50)35(60-44)32-57-45-42(53)40(51)38(49)34(29-46)59-45/h10,12,14,16-18,22,24,33-35,38-46,49-54H,3-9,11,13,15,19-21,23,25-32H2,1-2H3/b12-10+,17-14+,18-16+,24-22+/t33?,34-,35-,38+,39+,40?,41?,42?,43?,44-,45-/m1/s1. The highest BCUT2D eigenvalue weighted by Crippen LogP contribution is 2.26. The van der Waals surface area contributed by atoms with E-state index in [0.717, 1.165) is 38.5 Å². The SMILES string of the molecule is CCCC/C=C/C=C/CCCCCC(=O)OCC(CO[C@@H]1O[C@H](CO[C@@H]2O[C@H](CO)[C@H](O)C(O)C2O)[C@H](O)C(O)C1O)OC(=O)CC/C=C/C/C=C/CCCCCCCC. The summed E-state index contributed by atoms with van der Waals surface area (Å²) in [6.45, 7) is 2.39. The summed E-state index contributed by atoms with van der Waals surface area (Å²) in [6.07, 6.45) is 16.1. The molecule has 0 aromatic heterocycles. The third-order valence-electron chi connectivity index (χ3n) is 10.3. The number of esters is 2. The van der Waals surface area contributed by atoms with Gasteiger partial charge in [0.15, 0.2) is 18.7 Å². The predicted octanol–water partition coefficient (Wildman–Crippen LogP) is 4.37. The van der Waals surface area contributed by atoms with Crippen molar-refractivity contribution >= 4 is 11.9 Å². The molecule has 5 unspecified atom stereocenters. The second kappa shape index (κ2) is 33.1. The number of carbonyl (C=O) groups is 2. The highest BCUT2D eigenvalue weighted by Gasteiger charge is 2.47. The van der Waals surface area contributed by atoms with Crippen LogP contribution < -0.4 is 0 Å². The van der Waals surface area contributed by atoms with Gasteiger partial charge in [-0.2, -0.15) is 0 Å². The van der Waals surface area contributed by atoms with Crippen molar-refractivity contribution in [2.45, 2.75) is 197 Å². The van der Waals surface area contributed by atoms with Gasteiger partial charge in [0.2, 0.25) is 0 Å². The topological polar surface area (TPSA) is 231 Å². The molecule has 0 radical (unpaired) electrons. The van der Waals surface area contributed by atoms with Gasteiger partial charge < -0.3 is 64.2 Å². The van der Waals surface area contributed by atoms with Crippen LogP contribution in [-0.4, -0.2) is 142 Å². The fraction of sp³-hybridized carbons (Fsp3) is 0.778. The van der Waals surface area contributed by atoms with Gasteiger partial charge in [0.1, 0.15) is 55.4 Å². The number of rotatable bonds is 32. The lowest BCUT2D eigenvalue weighted by molar-refractivity contribution is -0.332. The minimum atomic E-state index is -1.78. The van der Waals surface area contributed by atoms with Gasteiger partial charge in [0, 0.05) is 12.8 Å². The number of aliphatic hydroxyl groups excluding tert-OH is 7. The van der Waals surface area contributed by atoms with E-state index in [1.54, 1.807) is 0 Å². The van der Waals surface area contributed by atoms with Crippen molar-refractivity contribution in [3.63, 3.8) is 0 Å². The minimum absolute atomic E-state index is 0.0518. The van der Waals surface area contributed by atoms with Gasteiger partial charge in [-0.25, -0.2) is 0 Å². The summed E-state index contributed by atoms with van der Waals surface area (Å²) >= 11 is 0. The lowest BCUT2D eigenvalue weighted by Gasteiger charge is -2.42. The van der Waals surface area contributed by atoms with Crippen LogP contribution in [0.5, 0.6) is 0 Å². The van der Waals surface area contributed by atoms with Crippen molar-refractivity contribution in [3.8, 4) is 0 Å². The Labute approximate surface area is 357 Å². The molecule has 0 amide bonds. The van der Waals surface area contributed by atoms with Crippen molar-refractivity contribution < 1.29 is 73.8 Å².